The van der Waals surface area contributed by atoms with E-state index in [1.165, 1.54) is 0 Å². The summed E-state index contributed by atoms with van der Waals surface area (Å²) in [4.78, 5) is 0.783. The third-order valence-electron chi connectivity index (χ3n) is 4.64. The molecule has 2 nitrogen and oxygen atoms in total. The molecule has 0 bridgehead atoms. The molecule has 0 amide bonds. The predicted molar refractivity (Wildman–Crippen MR) is 108 cm³/mol. The van der Waals surface area contributed by atoms with Gasteiger partial charge >= 0.3 is 0 Å². The lowest BCUT2D eigenvalue weighted by molar-refractivity contribution is 0.159. The Morgan fingerprint density at radius 1 is 0.769 bits per heavy atom. The van der Waals surface area contributed by atoms with Crippen LogP contribution in [0.15, 0.2) is 89.8 Å². The molecule has 0 heterocycles. The minimum absolute atomic E-state index is 0.263. The standard InChI is InChI=1S/C23H24O2S/c1-17-13-15-21(16-14-17)26(25)23(20-11-7-4-8-12-20)22(18(2)24)19-9-5-3-6-10-19/h3-16,18,22-24H,1-2H3. The zero-order chi connectivity index (χ0) is 18.5. The second-order valence-corrected chi connectivity index (χ2v) is 8.19. The van der Waals surface area contributed by atoms with Gasteiger partial charge in [-0.25, -0.2) is 0 Å². The Morgan fingerprint density at radius 2 is 1.27 bits per heavy atom. The van der Waals surface area contributed by atoms with Crippen molar-refractivity contribution in [2.75, 3.05) is 0 Å². The normalized spacial score (nSPS) is 15.8. The Kier molecular flexibility index (Phi) is 6.02. The van der Waals surface area contributed by atoms with Gasteiger partial charge in [0.05, 0.1) is 22.2 Å². The van der Waals surface area contributed by atoms with Crippen LogP contribution >= 0.6 is 0 Å². The van der Waals surface area contributed by atoms with E-state index < -0.39 is 16.9 Å². The summed E-state index contributed by atoms with van der Waals surface area (Å²) in [5.74, 6) is -0.263. The van der Waals surface area contributed by atoms with Gasteiger partial charge in [0.2, 0.25) is 0 Å². The van der Waals surface area contributed by atoms with Crippen molar-refractivity contribution in [3.05, 3.63) is 102 Å². The number of hydrogen-bond donors (Lipinski definition) is 1. The summed E-state index contributed by atoms with van der Waals surface area (Å²) in [5.41, 5.74) is 3.11. The second kappa shape index (κ2) is 8.43. The van der Waals surface area contributed by atoms with Gasteiger partial charge in [0.1, 0.15) is 0 Å². The molecule has 3 aromatic carbocycles. The molecule has 26 heavy (non-hydrogen) atoms. The molecule has 4 unspecified atom stereocenters. The fraction of sp³-hybridized carbons (Fsp3) is 0.217. The van der Waals surface area contributed by atoms with Crippen LogP contribution in [-0.2, 0) is 10.8 Å². The number of benzene rings is 3. The van der Waals surface area contributed by atoms with Crippen molar-refractivity contribution in [3.63, 3.8) is 0 Å². The Bertz CT molecular complexity index is 842. The highest BCUT2D eigenvalue weighted by Gasteiger charge is 2.34. The van der Waals surface area contributed by atoms with E-state index in [9.17, 15) is 9.32 Å². The van der Waals surface area contributed by atoms with Gasteiger partial charge in [0, 0.05) is 10.8 Å². The molecule has 0 aromatic heterocycles. The highest BCUT2D eigenvalue weighted by atomic mass is 32.2. The second-order valence-electron chi connectivity index (χ2n) is 6.62. The summed E-state index contributed by atoms with van der Waals surface area (Å²) in [6, 6.07) is 27.5. The van der Waals surface area contributed by atoms with Crippen LogP contribution in [-0.4, -0.2) is 15.4 Å². The fourth-order valence-corrected chi connectivity index (χ4v) is 5.06. The molecule has 0 aliphatic rings. The minimum Gasteiger partial charge on any atom is -0.393 e. The van der Waals surface area contributed by atoms with Crippen molar-refractivity contribution in [3.8, 4) is 0 Å². The van der Waals surface area contributed by atoms with Crippen LogP contribution in [0.3, 0.4) is 0 Å². The van der Waals surface area contributed by atoms with Gasteiger partial charge in [-0.2, -0.15) is 0 Å². The van der Waals surface area contributed by atoms with Crippen LogP contribution in [0.5, 0.6) is 0 Å². The zero-order valence-electron chi connectivity index (χ0n) is 15.1. The van der Waals surface area contributed by atoms with Gasteiger partial charge in [-0.05, 0) is 37.1 Å². The third kappa shape index (κ3) is 4.12. The largest absolute Gasteiger partial charge is 0.393 e. The van der Waals surface area contributed by atoms with Crippen LogP contribution in [0, 0.1) is 6.92 Å². The molecule has 3 heteroatoms. The summed E-state index contributed by atoms with van der Waals surface area (Å²) in [7, 11) is -1.29. The van der Waals surface area contributed by atoms with Crippen molar-refractivity contribution in [1.29, 1.82) is 0 Å². The lowest BCUT2D eigenvalue weighted by Gasteiger charge is -2.30. The lowest BCUT2D eigenvalue weighted by atomic mass is 9.87. The van der Waals surface area contributed by atoms with E-state index in [2.05, 4.69) is 0 Å². The average molecular weight is 365 g/mol. The molecule has 4 atom stereocenters. The maximum Gasteiger partial charge on any atom is 0.0737 e. The molecule has 0 fully saturated rings. The van der Waals surface area contributed by atoms with Gasteiger partial charge in [0.15, 0.2) is 0 Å². The summed E-state index contributed by atoms with van der Waals surface area (Å²) in [6.45, 7) is 3.80. The first-order valence-corrected chi connectivity index (χ1v) is 10.0. The van der Waals surface area contributed by atoms with Crippen molar-refractivity contribution < 1.29 is 9.32 Å². The molecule has 0 aliphatic carbocycles. The smallest absolute Gasteiger partial charge is 0.0737 e. The van der Waals surface area contributed by atoms with E-state index in [0.29, 0.717) is 0 Å². The first kappa shape index (κ1) is 18.6. The average Bonchev–Trinajstić information content (AvgIpc) is 2.67. The van der Waals surface area contributed by atoms with E-state index in [-0.39, 0.29) is 11.2 Å². The summed E-state index contributed by atoms with van der Waals surface area (Å²) in [6.07, 6.45) is -0.628. The molecule has 134 valence electrons. The molecular weight excluding hydrogens is 340 g/mol. The highest BCUT2D eigenvalue weighted by molar-refractivity contribution is 7.85. The highest BCUT2D eigenvalue weighted by Crippen LogP contribution is 2.40. The van der Waals surface area contributed by atoms with Crippen molar-refractivity contribution in [1.82, 2.24) is 0 Å². The lowest BCUT2D eigenvalue weighted by Crippen LogP contribution is -2.25. The van der Waals surface area contributed by atoms with Crippen molar-refractivity contribution in [2.45, 2.75) is 36.0 Å². The Labute approximate surface area is 158 Å². The number of aliphatic hydroxyl groups excluding tert-OH is 1. The first-order chi connectivity index (χ1) is 12.6. The Hall–Kier alpha value is -2.23. The van der Waals surface area contributed by atoms with Crippen molar-refractivity contribution >= 4 is 10.8 Å². The summed E-state index contributed by atoms with van der Waals surface area (Å²) >= 11 is 0. The molecule has 0 saturated carbocycles. The van der Waals surface area contributed by atoms with E-state index in [4.69, 9.17) is 0 Å². The van der Waals surface area contributed by atoms with Crippen LogP contribution in [0.2, 0.25) is 0 Å². The molecule has 3 aromatic rings. The molecule has 0 radical (unpaired) electrons. The van der Waals surface area contributed by atoms with E-state index in [1.807, 2.05) is 91.9 Å². The van der Waals surface area contributed by atoms with E-state index in [1.54, 1.807) is 6.92 Å². The maximum atomic E-state index is 13.6. The number of rotatable bonds is 6. The molecular formula is C23H24O2S. The monoisotopic (exact) mass is 364 g/mol. The number of aryl methyl sites for hydroxylation is 1. The Balaban J connectivity index is 2.11. The van der Waals surface area contributed by atoms with Gasteiger partial charge in [-0.1, -0.05) is 78.4 Å². The molecule has 1 N–H and O–H groups in total. The van der Waals surface area contributed by atoms with Gasteiger partial charge in [-0.15, -0.1) is 0 Å². The van der Waals surface area contributed by atoms with Gasteiger partial charge < -0.3 is 5.11 Å². The molecule has 0 aliphatic heterocycles. The quantitative estimate of drug-likeness (QED) is 0.668. The zero-order valence-corrected chi connectivity index (χ0v) is 15.9. The van der Waals surface area contributed by atoms with E-state index >= 15 is 0 Å². The topological polar surface area (TPSA) is 37.3 Å². The minimum atomic E-state index is -1.29. The van der Waals surface area contributed by atoms with E-state index in [0.717, 1.165) is 21.6 Å². The summed E-state index contributed by atoms with van der Waals surface area (Å²) < 4.78 is 13.6. The number of hydrogen-bond acceptors (Lipinski definition) is 2. The molecule has 3 rings (SSSR count). The van der Waals surface area contributed by atoms with Gasteiger partial charge in [-0.3, -0.25) is 4.21 Å². The predicted octanol–water partition coefficient (Wildman–Crippen LogP) is 5.01. The molecule has 0 spiro atoms. The van der Waals surface area contributed by atoms with Crippen LogP contribution < -0.4 is 0 Å². The maximum absolute atomic E-state index is 13.6. The molecule has 0 saturated heterocycles. The van der Waals surface area contributed by atoms with Gasteiger partial charge in [0.25, 0.3) is 0 Å². The van der Waals surface area contributed by atoms with Crippen LogP contribution in [0.4, 0.5) is 0 Å². The van der Waals surface area contributed by atoms with Crippen LogP contribution in [0.25, 0.3) is 0 Å². The first-order valence-electron chi connectivity index (χ1n) is 8.83. The van der Waals surface area contributed by atoms with Crippen LogP contribution in [0.1, 0.15) is 34.8 Å². The SMILES string of the molecule is Cc1ccc(S(=O)C(c2ccccc2)C(c2ccccc2)C(C)O)cc1. The third-order valence-corrected chi connectivity index (χ3v) is 6.41. The fourth-order valence-electron chi connectivity index (χ4n) is 3.31. The Morgan fingerprint density at radius 3 is 1.77 bits per heavy atom. The number of aliphatic hydroxyl groups is 1. The summed E-state index contributed by atoms with van der Waals surface area (Å²) in [5, 5.41) is 10.3. The van der Waals surface area contributed by atoms with Crippen molar-refractivity contribution in [2.24, 2.45) is 0 Å².